The molecule has 0 N–H and O–H groups in total. The van der Waals surface area contributed by atoms with Gasteiger partial charge in [-0.2, -0.15) is 0 Å². The van der Waals surface area contributed by atoms with Gasteiger partial charge in [0.2, 0.25) is 0 Å². The third-order valence-electron chi connectivity index (χ3n) is 5.63. The summed E-state index contributed by atoms with van der Waals surface area (Å²) >= 11 is 0. The van der Waals surface area contributed by atoms with Crippen molar-refractivity contribution < 1.29 is 9.13 Å². The van der Waals surface area contributed by atoms with E-state index in [1.54, 1.807) is 0 Å². The highest BCUT2D eigenvalue weighted by Gasteiger charge is 2.43. The summed E-state index contributed by atoms with van der Waals surface area (Å²) in [7, 11) is -5.39. The second-order valence-corrected chi connectivity index (χ2v) is 13.4. The predicted molar refractivity (Wildman–Crippen MR) is 116 cm³/mol. The van der Waals surface area contributed by atoms with Crippen molar-refractivity contribution in [1.29, 1.82) is 0 Å². The summed E-state index contributed by atoms with van der Waals surface area (Å²) in [5.74, 6) is 0. The Bertz CT molecular complexity index is 941. The fourth-order valence-corrected chi connectivity index (χ4v) is 11.7. The lowest BCUT2D eigenvalue weighted by molar-refractivity contribution is 0.573. The van der Waals surface area contributed by atoms with Gasteiger partial charge in [0.05, 0.1) is 0 Å². The predicted octanol–water partition coefficient (Wildman–Crippen LogP) is 4.85. The zero-order chi connectivity index (χ0) is 18.7. The molecule has 0 saturated carbocycles. The van der Waals surface area contributed by atoms with E-state index in [0.717, 1.165) is 34.9 Å². The molecule has 3 aromatic carbocycles. The minimum Gasteiger partial charge on any atom is -0.318 e. The average molecular weight is 394 g/mol. The molecule has 1 aliphatic rings. The van der Waals surface area contributed by atoms with Crippen LogP contribution in [0, 0.1) is 0 Å². The molecule has 3 aromatic rings. The van der Waals surface area contributed by atoms with E-state index < -0.39 is 14.3 Å². The molecule has 1 fully saturated rings. The van der Waals surface area contributed by atoms with Gasteiger partial charge >= 0.3 is 0 Å². The number of hydrogen-bond acceptors (Lipinski definition) is 2. The molecule has 138 valence electrons. The summed E-state index contributed by atoms with van der Waals surface area (Å²) in [5.41, 5.74) is -0.0221. The SMILES string of the molecule is O=P(C[C@@H]1CCCP1(=O)c1ccccc1)(c1ccccc1)c1ccccc1. The van der Waals surface area contributed by atoms with Gasteiger partial charge < -0.3 is 9.13 Å². The van der Waals surface area contributed by atoms with Crippen LogP contribution in [0.25, 0.3) is 0 Å². The van der Waals surface area contributed by atoms with Crippen molar-refractivity contribution in [3.63, 3.8) is 0 Å². The topological polar surface area (TPSA) is 34.1 Å². The van der Waals surface area contributed by atoms with Crippen molar-refractivity contribution in [2.24, 2.45) is 0 Å². The number of rotatable bonds is 5. The third-order valence-corrected chi connectivity index (χ3v) is 12.9. The average Bonchev–Trinajstić information content (AvgIpc) is 3.11. The molecule has 1 heterocycles. The summed E-state index contributed by atoms with van der Waals surface area (Å²) in [6.07, 6.45) is 3.04. The molecule has 2 nitrogen and oxygen atoms in total. The van der Waals surface area contributed by atoms with Crippen molar-refractivity contribution in [2.75, 3.05) is 12.3 Å². The van der Waals surface area contributed by atoms with Gasteiger partial charge in [-0.3, -0.25) is 0 Å². The van der Waals surface area contributed by atoms with Gasteiger partial charge in [0.15, 0.2) is 0 Å². The molecule has 4 heteroatoms. The van der Waals surface area contributed by atoms with E-state index in [1.165, 1.54) is 0 Å². The van der Waals surface area contributed by atoms with Crippen LogP contribution in [0.1, 0.15) is 12.8 Å². The van der Waals surface area contributed by atoms with Crippen molar-refractivity contribution in [3.05, 3.63) is 91.0 Å². The van der Waals surface area contributed by atoms with Crippen LogP contribution in [0.5, 0.6) is 0 Å². The molecular weight excluding hydrogens is 370 g/mol. The maximum atomic E-state index is 14.4. The van der Waals surface area contributed by atoms with Crippen LogP contribution in [-0.4, -0.2) is 18.0 Å². The van der Waals surface area contributed by atoms with E-state index in [4.69, 9.17) is 0 Å². The van der Waals surface area contributed by atoms with Crippen molar-refractivity contribution >= 4 is 30.2 Å². The lowest BCUT2D eigenvalue weighted by atomic mass is 10.3. The first-order valence-corrected chi connectivity index (χ1v) is 13.3. The Morgan fingerprint density at radius 3 is 1.78 bits per heavy atom. The van der Waals surface area contributed by atoms with Gasteiger partial charge in [-0.05, 0) is 12.8 Å². The summed E-state index contributed by atoms with van der Waals surface area (Å²) in [6.45, 7) is 0. The zero-order valence-corrected chi connectivity index (χ0v) is 17.1. The molecular formula is C23H24O2P2. The minimum absolute atomic E-state index is 0.0221. The second-order valence-electron chi connectivity index (χ2n) is 7.24. The highest BCUT2D eigenvalue weighted by Crippen LogP contribution is 2.61. The Kier molecular flexibility index (Phi) is 5.22. The Morgan fingerprint density at radius 1 is 0.778 bits per heavy atom. The van der Waals surface area contributed by atoms with E-state index >= 15 is 0 Å². The van der Waals surface area contributed by atoms with Gasteiger partial charge in [-0.1, -0.05) is 91.0 Å². The molecule has 0 amide bonds. The van der Waals surface area contributed by atoms with E-state index in [1.807, 2.05) is 91.0 Å². The van der Waals surface area contributed by atoms with Crippen molar-refractivity contribution in [1.82, 2.24) is 0 Å². The molecule has 0 radical (unpaired) electrons. The lowest BCUT2D eigenvalue weighted by Gasteiger charge is -2.27. The first kappa shape index (κ1) is 18.5. The van der Waals surface area contributed by atoms with E-state index in [9.17, 15) is 9.13 Å². The number of benzene rings is 3. The van der Waals surface area contributed by atoms with Gasteiger partial charge in [0.25, 0.3) is 0 Å². The zero-order valence-electron chi connectivity index (χ0n) is 15.3. The maximum absolute atomic E-state index is 14.4. The molecule has 1 unspecified atom stereocenters. The van der Waals surface area contributed by atoms with E-state index in [2.05, 4.69) is 0 Å². The molecule has 2 atom stereocenters. The molecule has 0 aliphatic carbocycles. The summed E-state index contributed by atoms with van der Waals surface area (Å²) < 4.78 is 28.3. The van der Waals surface area contributed by atoms with E-state index in [-0.39, 0.29) is 5.66 Å². The van der Waals surface area contributed by atoms with Crippen LogP contribution in [0.15, 0.2) is 91.0 Å². The van der Waals surface area contributed by atoms with Crippen molar-refractivity contribution in [2.45, 2.75) is 18.5 Å². The van der Waals surface area contributed by atoms with Crippen LogP contribution in [0.3, 0.4) is 0 Å². The van der Waals surface area contributed by atoms with Crippen molar-refractivity contribution in [3.8, 4) is 0 Å². The van der Waals surface area contributed by atoms with Gasteiger partial charge in [-0.25, -0.2) is 0 Å². The molecule has 27 heavy (non-hydrogen) atoms. The Labute approximate surface area is 161 Å². The van der Waals surface area contributed by atoms with Gasteiger partial charge in [0, 0.05) is 33.9 Å². The quantitative estimate of drug-likeness (QED) is 0.580. The second kappa shape index (κ2) is 7.63. The molecule has 4 rings (SSSR count). The Morgan fingerprint density at radius 2 is 1.26 bits per heavy atom. The number of hydrogen-bond donors (Lipinski definition) is 0. The first-order chi connectivity index (χ1) is 13.1. The lowest BCUT2D eigenvalue weighted by Crippen LogP contribution is -2.26. The Balaban J connectivity index is 1.77. The van der Waals surface area contributed by atoms with Crippen LogP contribution < -0.4 is 15.9 Å². The van der Waals surface area contributed by atoms with Crippen LogP contribution >= 0.6 is 14.3 Å². The molecule has 1 saturated heterocycles. The normalized spacial score (nSPS) is 22.6. The van der Waals surface area contributed by atoms with Crippen LogP contribution in [0.4, 0.5) is 0 Å². The largest absolute Gasteiger partial charge is 0.318 e. The molecule has 0 spiro atoms. The van der Waals surface area contributed by atoms with Crippen LogP contribution in [-0.2, 0) is 9.13 Å². The fraction of sp³-hybridized carbons (Fsp3) is 0.217. The van der Waals surface area contributed by atoms with E-state index in [0.29, 0.717) is 6.16 Å². The summed E-state index contributed by atoms with van der Waals surface area (Å²) in [4.78, 5) is 0. The monoisotopic (exact) mass is 394 g/mol. The Hall–Kier alpha value is -1.88. The minimum atomic E-state index is -2.85. The highest BCUT2D eigenvalue weighted by molar-refractivity contribution is 7.80. The first-order valence-electron chi connectivity index (χ1n) is 9.48. The standard InChI is InChI=1S/C23H24O2P2/c24-26(20-11-4-1-5-12-20)18-10-17-23(26)19-27(25,21-13-6-2-7-14-21)22-15-8-3-9-16-22/h1-9,11-16,23H,10,17-19H2/t23-,26?/m0/s1. The van der Waals surface area contributed by atoms with Crippen LogP contribution in [0.2, 0.25) is 0 Å². The summed E-state index contributed by atoms with van der Waals surface area (Å²) in [6, 6.07) is 29.3. The third kappa shape index (κ3) is 3.49. The molecule has 0 aromatic heterocycles. The van der Waals surface area contributed by atoms with Gasteiger partial charge in [0.1, 0.15) is 14.3 Å². The van der Waals surface area contributed by atoms with Gasteiger partial charge in [-0.15, -0.1) is 0 Å². The highest BCUT2D eigenvalue weighted by atomic mass is 31.2. The maximum Gasteiger partial charge on any atom is 0.143 e. The smallest absolute Gasteiger partial charge is 0.143 e. The fourth-order valence-electron chi connectivity index (χ4n) is 4.19. The molecule has 0 bridgehead atoms. The summed E-state index contributed by atoms with van der Waals surface area (Å²) in [5, 5.41) is 2.67. The molecule has 1 aliphatic heterocycles.